The van der Waals surface area contributed by atoms with Crippen LogP contribution in [0.25, 0.3) is 0 Å². The van der Waals surface area contributed by atoms with Crippen LogP contribution in [0.15, 0.2) is 122 Å². The molecule has 0 saturated heterocycles. The summed E-state index contributed by atoms with van der Waals surface area (Å²) < 4.78 is 17.3. The lowest BCUT2D eigenvalue weighted by Gasteiger charge is -2.18. The molecule has 0 radical (unpaired) electrons. The monoisotopic (exact) mass is 829 g/mol. The highest BCUT2D eigenvalue weighted by atomic mass is 16.6. The van der Waals surface area contributed by atoms with Gasteiger partial charge in [0.1, 0.15) is 6.61 Å². The fourth-order valence-electron chi connectivity index (χ4n) is 6.00. The van der Waals surface area contributed by atoms with E-state index in [1.807, 2.05) is 0 Å². The summed E-state index contributed by atoms with van der Waals surface area (Å²) >= 11 is 0. The van der Waals surface area contributed by atoms with Gasteiger partial charge < -0.3 is 14.2 Å². The number of allylic oxidation sites excluding steroid dienone is 20. The van der Waals surface area contributed by atoms with Crippen molar-refractivity contribution in [2.24, 2.45) is 0 Å². The Balaban J connectivity index is 4.43. The van der Waals surface area contributed by atoms with E-state index in [1.54, 1.807) is 0 Å². The number of hydrogen-bond donors (Lipinski definition) is 0. The summed E-state index contributed by atoms with van der Waals surface area (Å²) in [7, 11) is 0. The highest BCUT2D eigenvalue weighted by molar-refractivity contribution is 5.70. The van der Waals surface area contributed by atoms with Crippen LogP contribution in [0.5, 0.6) is 0 Å². The standard InChI is InChI=1S/C55H88O5/c1-4-7-10-13-16-19-22-25-27-29-32-35-38-41-44-47-50-58-51-53(60-55(57)49-46-43-40-37-34-30-24-21-18-15-12-9-6-3)52-59-54(56)48-45-42-39-36-33-31-28-26-23-20-17-14-11-8-5-2/h7-12,16-21,25-28,30,33-34,36,53H,4-6,13-15,22-24,29,31-32,35,37-52H2,1-3H3/b10-7-,11-8-,12-9-,19-16-,20-17-,21-18-,27-25-,28-26-,34-30-,36-33-. The molecule has 0 rings (SSSR count). The lowest BCUT2D eigenvalue weighted by atomic mass is 10.1. The second-order valence-corrected chi connectivity index (χ2v) is 15.2. The van der Waals surface area contributed by atoms with Gasteiger partial charge in [0, 0.05) is 19.4 Å². The van der Waals surface area contributed by atoms with Crippen molar-refractivity contribution in [1.29, 1.82) is 0 Å². The molecule has 0 spiro atoms. The van der Waals surface area contributed by atoms with Crippen molar-refractivity contribution in [1.82, 2.24) is 0 Å². The normalized spacial score (nSPS) is 13.3. The topological polar surface area (TPSA) is 61.8 Å². The van der Waals surface area contributed by atoms with Gasteiger partial charge >= 0.3 is 11.9 Å². The molecule has 1 atom stereocenters. The summed E-state index contributed by atoms with van der Waals surface area (Å²) in [6, 6.07) is 0. The van der Waals surface area contributed by atoms with Gasteiger partial charge in [0.05, 0.1) is 6.61 Å². The highest BCUT2D eigenvalue weighted by Gasteiger charge is 2.17. The van der Waals surface area contributed by atoms with E-state index in [0.717, 1.165) is 128 Å². The summed E-state index contributed by atoms with van der Waals surface area (Å²) in [5.41, 5.74) is 0. The number of unbranched alkanes of at least 4 members (excludes halogenated alkanes) is 11. The zero-order valence-corrected chi connectivity index (χ0v) is 38.7. The lowest BCUT2D eigenvalue weighted by Crippen LogP contribution is -2.30. The zero-order valence-electron chi connectivity index (χ0n) is 38.7. The lowest BCUT2D eigenvalue weighted by molar-refractivity contribution is -0.163. The summed E-state index contributed by atoms with van der Waals surface area (Å²) in [4.78, 5) is 25.3. The van der Waals surface area contributed by atoms with Gasteiger partial charge in [0.2, 0.25) is 0 Å². The van der Waals surface area contributed by atoms with Crippen LogP contribution in [0.1, 0.15) is 188 Å². The van der Waals surface area contributed by atoms with Crippen molar-refractivity contribution in [3.05, 3.63) is 122 Å². The molecule has 0 fully saturated rings. The summed E-state index contributed by atoms with van der Waals surface area (Å²) in [5.74, 6) is -0.498. The van der Waals surface area contributed by atoms with Gasteiger partial charge in [-0.2, -0.15) is 0 Å². The maximum absolute atomic E-state index is 12.8. The Labute approximate surface area is 369 Å². The maximum Gasteiger partial charge on any atom is 0.306 e. The minimum atomic E-state index is -0.583. The van der Waals surface area contributed by atoms with Crippen LogP contribution in [-0.2, 0) is 23.8 Å². The molecule has 0 aromatic heterocycles. The predicted octanol–water partition coefficient (Wildman–Crippen LogP) is 16.2. The zero-order chi connectivity index (χ0) is 43.5. The first-order valence-electron chi connectivity index (χ1n) is 24.1. The molecular formula is C55H88O5. The van der Waals surface area contributed by atoms with E-state index in [-0.39, 0.29) is 25.2 Å². The Kier molecular flexibility index (Phi) is 46.6. The molecule has 0 aliphatic heterocycles. The molecule has 0 amide bonds. The van der Waals surface area contributed by atoms with Gasteiger partial charge in [-0.15, -0.1) is 0 Å². The van der Waals surface area contributed by atoms with Gasteiger partial charge in [-0.1, -0.05) is 174 Å². The van der Waals surface area contributed by atoms with Crippen LogP contribution in [0.4, 0.5) is 0 Å². The first-order valence-corrected chi connectivity index (χ1v) is 24.1. The molecule has 338 valence electrons. The third-order valence-electron chi connectivity index (χ3n) is 9.47. The molecule has 5 nitrogen and oxygen atoms in total. The van der Waals surface area contributed by atoms with Crippen LogP contribution >= 0.6 is 0 Å². The Hall–Kier alpha value is -3.70. The molecule has 0 heterocycles. The van der Waals surface area contributed by atoms with Crippen molar-refractivity contribution in [2.75, 3.05) is 19.8 Å². The second kappa shape index (κ2) is 49.7. The van der Waals surface area contributed by atoms with Gasteiger partial charge in [0.25, 0.3) is 0 Å². The maximum atomic E-state index is 12.8. The molecule has 0 bridgehead atoms. The van der Waals surface area contributed by atoms with E-state index in [0.29, 0.717) is 19.4 Å². The smallest absolute Gasteiger partial charge is 0.306 e. The van der Waals surface area contributed by atoms with Crippen molar-refractivity contribution < 1.29 is 23.8 Å². The van der Waals surface area contributed by atoms with Gasteiger partial charge in [-0.3, -0.25) is 9.59 Å². The molecule has 0 N–H and O–H groups in total. The Bertz CT molecular complexity index is 1260. The average molecular weight is 829 g/mol. The number of carbonyl (C=O) groups excluding carboxylic acids is 2. The van der Waals surface area contributed by atoms with Crippen LogP contribution in [0.3, 0.4) is 0 Å². The Morgan fingerprint density at radius 1 is 0.367 bits per heavy atom. The first kappa shape index (κ1) is 56.3. The molecule has 0 aliphatic carbocycles. The number of rotatable bonds is 42. The van der Waals surface area contributed by atoms with Crippen LogP contribution in [0, 0.1) is 0 Å². The Morgan fingerprint density at radius 2 is 0.700 bits per heavy atom. The van der Waals surface area contributed by atoms with Crippen molar-refractivity contribution >= 4 is 11.9 Å². The van der Waals surface area contributed by atoms with Crippen molar-refractivity contribution in [3.63, 3.8) is 0 Å². The van der Waals surface area contributed by atoms with E-state index in [2.05, 4.69) is 142 Å². The molecule has 0 saturated carbocycles. The minimum Gasteiger partial charge on any atom is -0.462 e. The molecule has 0 aliphatic rings. The van der Waals surface area contributed by atoms with E-state index >= 15 is 0 Å². The van der Waals surface area contributed by atoms with Crippen LogP contribution < -0.4 is 0 Å². The Morgan fingerprint density at radius 3 is 1.15 bits per heavy atom. The fraction of sp³-hybridized carbons (Fsp3) is 0.600. The van der Waals surface area contributed by atoms with E-state index in [4.69, 9.17) is 14.2 Å². The largest absolute Gasteiger partial charge is 0.462 e. The summed E-state index contributed by atoms with van der Waals surface area (Å²) in [6.45, 7) is 7.36. The van der Waals surface area contributed by atoms with Crippen LogP contribution in [0.2, 0.25) is 0 Å². The van der Waals surface area contributed by atoms with Crippen LogP contribution in [-0.4, -0.2) is 37.9 Å². The first-order chi connectivity index (χ1) is 29.6. The molecule has 0 aromatic carbocycles. The average Bonchev–Trinajstić information content (AvgIpc) is 3.25. The van der Waals surface area contributed by atoms with Gasteiger partial charge in [-0.25, -0.2) is 0 Å². The predicted molar refractivity (Wildman–Crippen MR) is 260 cm³/mol. The minimum absolute atomic E-state index is 0.0383. The van der Waals surface area contributed by atoms with E-state index in [9.17, 15) is 9.59 Å². The summed E-state index contributed by atoms with van der Waals surface area (Å²) in [6.07, 6.45) is 69.2. The second-order valence-electron chi connectivity index (χ2n) is 15.2. The number of hydrogen-bond acceptors (Lipinski definition) is 5. The van der Waals surface area contributed by atoms with Gasteiger partial charge in [0.15, 0.2) is 6.10 Å². The third-order valence-corrected chi connectivity index (χ3v) is 9.47. The molecule has 0 aromatic rings. The quantitative estimate of drug-likeness (QED) is 0.0348. The number of ether oxygens (including phenoxy) is 3. The van der Waals surface area contributed by atoms with E-state index < -0.39 is 6.10 Å². The number of carbonyl (C=O) groups is 2. The van der Waals surface area contributed by atoms with E-state index in [1.165, 1.54) is 25.7 Å². The number of esters is 2. The van der Waals surface area contributed by atoms with Crippen molar-refractivity contribution in [3.8, 4) is 0 Å². The highest BCUT2D eigenvalue weighted by Crippen LogP contribution is 2.11. The molecule has 1 unspecified atom stereocenters. The third kappa shape index (κ3) is 47.0. The summed E-state index contributed by atoms with van der Waals surface area (Å²) in [5, 5.41) is 0. The van der Waals surface area contributed by atoms with Gasteiger partial charge in [-0.05, 0) is 122 Å². The fourth-order valence-corrected chi connectivity index (χ4v) is 6.00. The molecule has 5 heteroatoms. The molecular weight excluding hydrogens is 741 g/mol. The molecule has 60 heavy (non-hydrogen) atoms. The SMILES string of the molecule is CC/C=C\C/C=C\C/C=C\C/C=C\CCCCC(=O)OCC(COCCCCCCCC/C=C\C/C=C\C/C=C\CC)OC(=O)CCCCC/C=C\C/C=C\C/C=C\CC. The van der Waals surface area contributed by atoms with Crippen molar-refractivity contribution in [2.45, 2.75) is 194 Å².